The highest BCUT2D eigenvalue weighted by molar-refractivity contribution is 6.83. The molecule has 0 saturated carbocycles. The second kappa shape index (κ2) is 5.40. The van der Waals surface area contributed by atoms with Crippen LogP contribution in [0, 0.1) is 0 Å². The molecule has 0 bridgehead atoms. The van der Waals surface area contributed by atoms with E-state index in [0.717, 1.165) is 12.5 Å². The molecule has 0 aromatic heterocycles. The molecule has 0 aliphatic carbocycles. The molecule has 20 heavy (non-hydrogen) atoms. The van der Waals surface area contributed by atoms with Crippen molar-refractivity contribution in [3.05, 3.63) is 12.7 Å². The zero-order valence-electron chi connectivity index (χ0n) is 13.7. The smallest absolute Gasteiger partial charge is 0.243 e. The van der Waals surface area contributed by atoms with E-state index in [1.54, 1.807) is 0 Å². The summed E-state index contributed by atoms with van der Waals surface area (Å²) in [6.45, 7) is 16.1. The Morgan fingerprint density at radius 3 is 2.50 bits per heavy atom. The lowest BCUT2D eigenvalue weighted by molar-refractivity contribution is -0.116. The number of carbonyl (C=O) groups is 1. The largest absolute Gasteiger partial charge is 0.412 e. The van der Waals surface area contributed by atoms with Crippen molar-refractivity contribution in [1.29, 1.82) is 0 Å². The number of aliphatic hydroxyl groups is 1. The summed E-state index contributed by atoms with van der Waals surface area (Å²) < 4.78 is 6.48. The van der Waals surface area contributed by atoms with Gasteiger partial charge in [-0.1, -0.05) is 19.7 Å². The number of nitrogens with one attached hydrogen (secondary N) is 1. The van der Waals surface area contributed by atoms with Crippen molar-refractivity contribution in [2.24, 2.45) is 0 Å². The van der Waals surface area contributed by atoms with Gasteiger partial charge >= 0.3 is 0 Å². The van der Waals surface area contributed by atoms with Crippen LogP contribution in [0.2, 0.25) is 25.7 Å². The maximum atomic E-state index is 11.4. The van der Waals surface area contributed by atoms with Gasteiger partial charge in [-0.3, -0.25) is 4.79 Å². The van der Waals surface area contributed by atoms with E-state index in [2.05, 4.69) is 45.4 Å². The predicted octanol–water partition coefficient (Wildman–Crippen LogP) is 2.14. The van der Waals surface area contributed by atoms with Crippen LogP contribution in [0.15, 0.2) is 12.7 Å². The van der Waals surface area contributed by atoms with Crippen molar-refractivity contribution in [2.45, 2.75) is 63.3 Å². The van der Waals surface area contributed by atoms with E-state index in [0.29, 0.717) is 6.17 Å². The number of hydrogen-bond donors (Lipinski definition) is 2. The minimum atomic E-state index is -2.08. The van der Waals surface area contributed by atoms with Crippen LogP contribution in [0.25, 0.3) is 0 Å². The van der Waals surface area contributed by atoms with Crippen LogP contribution in [0.5, 0.6) is 0 Å². The van der Waals surface area contributed by atoms with Crippen molar-refractivity contribution in [1.82, 2.24) is 5.32 Å². The van der Waals surface area contributed by atoms with E-state index in [9.17, 15) is 9.90 Å². The molecule has 0 aromatic carbocycles. The summed E-state index contributed by atoms with van der Waals surface area (Å²) in [7, 11) is -3.92. The minimum absolute atomic E-state index is 0.138. The summed E-state index contributed by atoms with van der Waals surface area (Å²) in [4.78, 5) is 11.4. The third-order valence-electron chi connectivity index (χ3n) is 5.23. The molecule has 1 amide bonds. The van der Waals surface area contributed by atoms with Crippen LogP contribution in [-0.2, 0) is 9.22 Å². The van der Waals surface area contributed by atoms with Crippen molar-refractivity contribution in [3.8, 4) is 0 Å². The van der Waals surface area contributed by atoms with Gasteiger partial charge in [0.2, 0.25) is 14.2 Å². The molecule has 116 valence electrons. The summed E-state index contributed by atoms with van der Waals surface area (Å²) >= 11 is 0. The van der Waals surface area contributed by atoms with E-state index in [1.165, 1.54) is 6.08 Å². The minimum Gasteiger partial charge on any atom is -0.412 e. The van der Waals surface area contributed by atoms with Gasteiger partial charge in [-0.15, -0.1) is 0 Å². The molecule has 2 unspecified atom stereocenters. The lowest BCUT2D eigenvalue weighted by atomic mass is 10.3. The quantitative estimate of drug-likeness (QED) is 0.583. The second-order valence-electron chi connectivity index (χ2n) is 7.42. The van der Waals surface area contributed by atoms with Gasteiger partial charge in [0.15, 0.2) is 0 Å². The molecular formula is C14H29NO3Si2. The standard InChI is InChI=1S/C14H29NO3Si2/c1-8-12(16)15-11-19(5,6)13(2,3)18-20(7)10-9-14(20,4)17/h8,17H,1,9-11H2,2-7H3,(H,15,16). The lowest BCUT2D eigenvalue weighted by Crippen LogP contribution is -2.71. The number of hydrogen-bond acceptors (Lipinski definition) is 3. The first-order chi connectivity index (χ1) is 8.87. The Kier molecular flexibility index (Phi) is 4.76. The number of rotatable bonds is 6. The Hall–Kier alpha value is -0.436. The molecule has 1 saturated heterocycles. The zero-order chi connectivity index (χ0) is 15.8. The molecule has 1 aliphatic heterocycles. The highest BCUT2D eigenvalue weighted by Gasteiger charge is 2.59. The second-order valence-corrected chi connectivity index (χ2v) is 17.0. The molecule has 4 nitrogen and oxygen atoms in total. The summed E-state index contributed by atoms with van der Waals surface area (Å²) in [5.41, 5.74) is 0. The third-order valence-corrected chi connectivity index (χ3v) is 14.5. The Balaban J connectivity index is 2.76. The van der Waals surface area contributed by atoms with Crippen LogP contribution in [0.4, 0.5) is 0 Å². The summed E-state index contributed by atoms with van der Waals surface area (Å²) in [5, 5.41) is 12.4. The number of amides is 1. The first-order valence-corrected chi connectivity index (χ1v) is 13.0. The summed E-state index contributed by atoms with van der Waals surface area (Å²) in [6, 6.07) is 1.01. The van der Waals surface area contributed by atoms with E-state index >= 15 is 0 Å². The Morgan fingerprint density at radius 1 is 1.60 bits per heavy atom. The van der Waals surface area contributed by atoms with Gasteiger partial charge in [-0.05, 0) is 45.9 Å². The highest BCUT2D eigenvalue weighted by Crippen LogP contribution is 2.45. The van der Waals surface area contributed by atoms with E-state index in [4.69, 9.17) is 4.43 Å². The van der Waals surface area contributed by atoms with Crippen LogP contribution >= 0.6 is 0 Å². The molecule has 2 N–H and O–H groups in total. The SMILES string of the molecule is C=CC(=O)NC[Si](C)(C)C(C)(C)O[Si]1(C)CCC1(C)O. The normalized spacial score (nSPS) is 30.6. The summed E-state index contributed by atoms with van der Waals surface area (Å²) in [5.74, 6) is -0.138. The maximum absolute atomic E-state index is 11.4. The molecular weight excluding hydrogens is 286 g/mol. The van der Waals surface area contributed by atoms with Crippen LogP contribution < -0.4 is 5.32 Å². The average molecular weight is 316 g/mol. The molecule has 0 spiro atoms. The number of carbonyl (C=O) groups excluding carboxylic acids is 1. The fourth-order valence-corrected chi connectivity index (χ4v) is 8.24. The van der Waals surface area contributed by atoms with Crippen molar-refractivity contribution >= 4 is 22.3 Å². The highest BCUT2D eigenvalue weighted by atomic mass is 28.4. The first-order valence-electron chi connectivity index (χ1n) is 7.20. The molecule has 0 aromatic rings. The van der Waals surface area contributed by atoms with E-state index in [1.807, 2.05) is 6.92 Å². The summed E-state index contributed by atoms with van der Waals surface area (Å²) in [6.07, 6.45) is 2.78. The molecule has 2 atom stereocenters. The lowest BCUT2D eigenvalue weighted by Gasteiger charge is -2.55. The fraction of sp³-hybridized carbons (Fsp3) is 0.786. The zero-order valence-corrected chi connectivity index (χ0v) is 15.7. The van der Waals surface area contributed by atoms with Crippen LogP contribution in [0.1, 0.15) is 27.2 Å². The van der Waals surface area contributed by atoms with Gasteiger partial charge in [0, 0.05) is 11.4 Å². The van der Waals surface area contributed by atoms with E-state index in [-0.39, 0.29) is 11.1 Å². The molecule has 0 radical (unpaired) electrons. The van der Waals surface area contributed by atoms with Crippen molar-refractivity contribution in [2.75, 3.05) is 6.17 Å². The van der Waals surface area contributed by atoms with Crippen LogP contribution in [0.3, 0.4) is 0 Å². The molecule has 1 fully saturated rings. The molecule has 1 heterocycles. The van der Waals surface area contributed by atoms with E-state index < -0.39 is 21.6 Å². The van der Waals surface area contributed by atoms with Crippen LogP contribution in [-0.4, -0.2) is 44.0 Å². The van der Waals surface area contributed by atoms with Gasteiger partial charge < -0.3 is 14.8 Å². The van der Waals surface area contributed by atoms with Gasteiger partial charge in [-0.2, -0.15) is 0 Å². The Bertz CT molecular complexity index is 407. The molecule has 6 heteroatoms. The van der Waals surface area contributed by atoms with Gasteiger partial charge in [0.1, 0.15) is 8.07 Å². The van der Waals surface area contributed by atoms with Crippen molar-refractivity contribution < 1.29 is 14.3 Å². The predicted molar refractivity (Wildman–Crippen MR) is 87.5 cm³/mol. The first kappa shape index (κ1) is 17.6. The van der Waals surface area contributed by atoms with Gasteiger partial charge in [-0.25, -0.2) is 0 Å². The van der Waals surface area contributed by atoms with Crippen molar-refractivity contribution in [3.63, 3.8) is 0 Å². The topological polar surface area (TPSA) is 58.6 Å². The monoisotopic (exact) mass is 315 g/mol. The fourth-order valence-electron chi connectivity index (χ4n) is 2.29. The average Bonchev–Trinajstić information content (AvgIpc) is 2.33. The molecule has 1 rings (SSSR count). The Labute approximate surface area is 124 Å². The molecule has 1 aliphatic rings. The van der Waals surface area contributed by atoms with Gasteiger partial charge in [0.25, 0.3) is 0 Å². The third kappa shape index (κ3) is 3.24. The maximum Gasteiger partial charge on any atom is 0.243 e. The van der Waals surface area contributed by atoms with Gasteiger partial charge in [0.05, 0.1) is 5.22 Å². The Morgan fingerprint density at radius 2 is 2.15 bits per heavy atom.